The van der Waals surface area contributed by atoms with Crippen LogP contribution < -0.4 is 14.8 Å². The maximum Gasteiger partial charge on any atom is 0.226 e. The van der Waals surface area contributed by atoms with Crippen LogP contribution in [0.1, 0.15) is 43.7 Å². The number of aryl methyl sites for hydroxylation is 2. The fraction of sp³-hybridized carbons (Fsp3) is 0.360. The lowest BCUT2D eigenvalue weighted by atomic mass is 10.1. The first kappa shape index (κ1) is 22.8. The molecule has 0 radical (unpaired) electrons. The molecule has 3 aromatic rings. The first-order valence-corrected chi connectivity index (χ1v) is 11.6. The van der Waals surface area contributed by atoms with Crippen molar-refractivity contribution in [1.29, 1.82) is 0 Å². The Balaban J connectivity index is 1.43. The third kappa shape index (κ3) is 7.10. The lowest BCUT2D eigenvalue weighted by Crippen LogP contribution is -2.12. The maximum atomic E-state index is 12.2. The van der Waals surface area contributed by atoms with Crippen LogP contribution in [0.15, 0.2) is 47.8 Å². The quantitative estimate of drug-likeness (QED) is 0.352. The zero-order valence-electron chi connectivity index (χ0n) is 18.4. The van der Waals surface area contributed by atoms with Crippen molar-refractivity contribution in [3.63, 3.8) is 0 Å². The number of ether oxygens (including phenoxy) is 2. The summed E-state index contributed by atoms with van der Waals surface area (Å²) in [4.78, 5) is 16.8. The Labute approximate surface area is 188 Å². The zero-order chi connectivity index (χ0) is 22.1. The summed E-state index contributed by atoms with van der Waals surface area (Å²) in [7, 11) is 0. The second-order valence-corrected chi connectivity index (χ2v) is 8.39. The molecule has 0 bridgehead atoms. The SMILES string of the molecule is CCCCOc1ccc(-c2csc(NC(=O)CCCOc3cc(C)ccc3C)n2)cc1. The van der Waals surface area contributed by atoms with Crippen molar-refractivity contribution in [3.05, 3.63) is 59.0 Å². The van der Waals surface area contributed by atoms with E-state index in [0.717, 1.165) is 53.3 Å². The van der Waals surface area contributed by atoms with E-state index in [9.17, 15) is 4.79 Å². The number of aromatic nitrogens is 1. The lowest BCUT2D eigenvalue weighted by molar-refractivity contribution is -0.116. The van der Waals surface area contributed by atoms with E-state index in [4.69, 9.17) is 9.47 Å². The molecule has 0 fully saturated rings. The summed E-state index contributed by atoms with van der Waals surface area (Å²) >= 11 is 1.43. The van der Waals surface area contributed by atoms with E-state index in [1.807, 2.05) is 55.6 Å². The highest BCUT2D eigenvalue weighted by Crippen LogP contribution is 2.27. The molecule has 0 spiro atoms. The van der Waals surface area contributed by atoms with Gasteiger partial charge in [0.05, 0.1) is 18.9 Å². The number of hydrogen-bond donors (Lipinski definition) is 1. The van der Waals surface area contributed by atoms with Crippen LogP contribution in [0.5, 0.6) is 11.5 Å². The molecule has 1 N–H and O–H groups in total. The van der Waals surface area contributed by atoms with Gasteiger partial charge in [-0.15, -0.1) is 11.3 Å². The van der Waals surface area contributed by atoms with E-state index in [2.05, 4.69) is 23.3 Å². The molecule has 0 atom stereocenters. The minimum atomic E-state index is -0.0508. The molecule has 0 aliphatic rings. The van der Waals surface area contributed by atoms with Gasteiger partial charge in [-0.3, -0.25) is 4.79 Å². The molecule has 164 valence electrons. The molecule has 5 nitrogen and oxygen atoms in total. The Kier molecular flexibility index (Phi) is 8.47. The molecule has 0 aliphatic carbocycles. The van der Waals surface area contributed by atoms with Gasteiger partial charge < -0.3 is 14.8 Å². The number of nitrogens with one attached hydrogen (secondary N) is 1. The molecule has 1 heterocycles. The van der Waals surface area contributed by atoms with Gasteiger partial charge in [0, 0.05) is 17.4 Å². The highest BCUT2D eigenvalue weighted by atomic mass is 32.1. The van der Waals surface area contributed by atoms with Crippen molar-refractivity contribution in [1.82, 2.24) is 4.98 Å². The Morgan fingerprint density at radius 2 is 1.81 bits per heavy atom. The second-order valence-electron chi connectivity index (χ2n) is 7.53. The number of amides is 1. The van der Waals surface area contributed by atoms with E-state index in [1.165, 1.54) is 11.3 Å². The van der Waals surface area contributed by atoms with Gasteiger partial charge in [-0.25, -0.2) is 4.98 Å². The van der Waals surface area contributed by atoms with Gasteiger partial charge in [-0.2, -0.15) is 0 Å². The van der Waals surface area contributed by atoms with Gasteiger partial charge in [0.2, 0.25) is 5.91 Å². The van der Waals surface area contributed by atoms with Crippen molar-refractivity contribution in [3.8, 4) is 22.8 Å². The van der Waals surface area contributed by atoms with Gasteiger partial charge in [-0.05, 0) is 68.1 Å². The number of benzene rings is 2. The molecule has 0 saturated carbocycles. The van der Waals surface area contributed by atoms with E-state index in [1.54, 1.807) is 0 Å². The second kappa shape index (κ2) is 11.5. The van der Waals surface area contributed by atoms with Crippen LogP contribution in [0.2, 0.25) is 0 Å². The van der Waals surface area contributed by atoms with Crippen LogP contribution >= 0.6 is 11.3 Å². The van der Waals surface area contributed by atoms with Crippen LogP contribution in [0.4, 0.5) is 5.13 Å². The van der Waals surface area contributed by atoms with Gasteiger partial charge in [-0.1, -0.05) is 25.5 Å². The fourth-order valence-corrected chi connectivity index (χ4v) is 3.72. The van der Waals surface area contributed by atoms with Crippen LogP contribution in [0.3, 0.4) is 0 Å². The molecule has 2 aromatic carbocycles. The average Bonchev–Trinajstić information content (AvgIpc) is 3.22. The van der Waals surface area contributed by atoms with Gasteiger partial charge >= 0.3 is 0 Å². The van der Waals surface area contributed by atoms with Crippen molar-refractivity contribution in [2.45, 2.75) is 46.5 Å². The molecule has 0 saturated heterocycles. The third-order valence-corrected chi connectivity index (χ3v) is 5.57. The highest BCUT2D eigenvalue weighted by Gasteiger charge is 2.09. The summed E-state index contributed by atoms with van der Waals surface area (Å²) in [5.74, 6) is 1.70. The number of carbonyl (C=O) groups excluding carboxylic acids is 1. The number of anilines is 1. The van der Waals surface area contributed by atoms with E-state index in [0.29, 0.717) is 24.6 Å². The summed E-state index contributed by atoms with van der Waals surface area (Å²) in [5, 5.41) is 5.45. The lowest BCUT2D eigenvalue weighted by Gasteiger charge is -2.09. The van der Waals surface area contributed by atoms with Crippen molar-refractivity contribution in [2.24, 2.45) is 0 Å². The van der Waals surface area contributed by atoms with Gasteiger partial charge in [0.15, 0.2) is 5.13 Å². The average molecular weight is 439 g/mol. The van der Waals surface area contributed by atoms with Crippen molar-refractivity contribution < 1.29 is 14.3 Å². The summed E-state index contributed by atoms with van der Waals surface area (Å²) in [6, 6.07) is 14.0. The molecule has 31 heavy (non-hydrogen) atoms. The molecule has 0 unspecified atom stereocenters. The summed E-state index contributed by atoms with van der Waals surface area (Å²) in [6.07, 6.45) is 3.21. The molecule has 3 rings (SSSR count). The van der Waals surface area contributed by atoms with Gasteiger partial charge in [0.25, 0.3) is 0 Å². The number of nitrogens with zero attached hydrogens (tertiary/aromatic N) is 1. The van der Waals surface area contributed by atoms with E-state index < -0.39 is 0 Å². The number of carbonyl (C=O) groups is 1. The first-order valence-electron chi connectivity index (χ1n) is 10.7. The number of unbranched alkanes of at least 4 members (excludes halogenated alkanes) is 1. The summed E-state index contributed by atoms with van der Waals surface area (Å²) in [5.41, 5.74) is 4.11. The standard InChI is InChI=1S/C25H30N2O3S/c1-4-5-14-29-21-12-10-20(11-13-21)22-17-31-25(26-22)27-24(28)7-6-15-30-23-16-18(2)8-9-19(23)3/h8-13,16-17H,4-7,14-15H2,1-3H3,(H,26,27,28). The topological polar surface area (TPSA) is 60.5 Å². The number of rotatable bonds is 11. The number of hydrogen-bond acceptors (Lipinski definition) is 5. The zero-order valence-corrected chi connectivity index (χ0v) is 19.3. The van der Waals surface area contributed by atoms with Crippen LogP contribution in [-0.2, 0) is 4.79 Å². The van der Waals surface area contributed by atoms with Crippen LogP contribution in [0, 0.1) is 13.8 Å². The monoisotopic (exact) mass is 438 g/mol. The van der Waals surface area contributed by atoms with Crippen LogP contribution in [0.25, 0.3) is 11.3 Å². The fourth-order valence-electron chi connectivity index (χ4n) is 2.98. The minimum absolute atomic E-state index is 0.0508. The summed E-state index contributed by atoms with van der Waals surface area (Å²) in [6.45, 7) is 7.45. The molecule has 1 aromatic heterocycles. The maximum absolute atomic E-state index is 12.2. The molecule has 0 aliphatic heterocycles. The first-order chi connectivity index (χ1) is 15.0. The molecular formula is C25H30N2O3S. The summed E-state index contributed by atoms with van der Waals surface area (Å²) < 4.78 is 11.5. The Morgan fingerprint density at radius 1 is 1.03 bits per heavy atom. The smallest absolute Gasteiger partial charge is 0.226 e. The molecular weight excluding hydrogens is 408 g/mol. The Morgan fingerprint density at radius 3 is 2.58 bits per heavy atom. The largest absolute Gasteiger partial charge is 0.494 e. The van der Waals surface area contributed by atoms with Crippen molar-refractivity contribution in [2.75, 3.05) is 18.5 Å². The van der Waals surface area contributed by atoms with Gasteiger partial charge in [0.1, 0.15) is 11.5 Å². The third-order valence-electron chi connectivity index (χ3n) is 4.82. The number of thiazole rings is 1. The normalized spacial score (nSPS) is 10.7. The van der Waals surface area contributed by atoms with E-state index >= 15 is 0 Å². The minimum Gasteiger partial charge on any atom is -0.494 e. The Hall–Kier alpha value is -2.86. The van der Waals surface area contributed by atoms with Crippen LogP contribution in [-0.4, -0.2) is 24.1 Å². The highest BCUT2D eigenvalue weighted by molar-refractivity contribution is 7.14. The predicted molar refractivity (Wildman–Crippen MR) is 127 cm³/mol. The van der Waals surface area contributed by atoms with E-state index in [-0.39, 0.29) is 5.91 Å². The predicted octanol–water partition coefficient (Wildman–Crippen LogP) is 6.40. The Bertz CT molecular complexity index is 983. The van der Waals surface area contributed by atoms with Crippen molar-refractivity contribution >= 4 is 22.4 Å². The molecule has 1 amide bonds. The molecule has 6 heteroatoms.